The lowest BCUT2D eigenvalue weighted by atomic mass is 9.99. The average molecular weight is 767 g/mol. The van der Waals surface area contributed by atoms with Gasteiger partial charge in [-0.25, -0.2) is 4.18 Å². The first-order valence-corrected chi connectivity index (χ1v) is 21.8. The summed E-state index contributed by atoms with van der Waals surface area (Å²) in [6, 6.07) is 0. The van der Waals surface area contributed by atoms with E-state index in [9.17, 15) is 28.5 Å². The molecule has 13 heteroatoms. The molecule has 0 saturated carbocycles. The second-order valence-corrected chi connectivity index (χ2v) is 15.3. The first-order chi connectivity index (χ1) is 25.1. The molecule has 1 saturated heterocycles. The molecule has 1 aliphatic rings. The zero-order valence-corrected chi connectivity index (χ0v) is 33.2. The molecule has 0 bridgehead atoms. The topological polar surface area (TPSA) is 178 Å². The smallest absolute Gasteiger partial charge is 0.397 e. The fourth-order valence-electron chi connectivity index (χ4n) is 6.25. The van der Waals surface area contributed by atoms with Crippen molar-refractivity contribution in [2.75, 3.05) is 26.4 Å². The second-order valence-electron chi connectivity index (χ2n) is 14.2. The molecule has 1 aliphatic heterocycles. The largest absolute Gasteiger partial charge is 0.457 e. The third-order valence-corrected chi connectivity index (χ3v) is 9.85. The highest BCUT2D eigenvalue weighted by Gasteiger charge is 2.48. The number of aliphatic hydroxyl groups excluding tert-OH is 3. The van der Waals surface area contributed by atoms with E-state index in [1.807, 2.05) is 0 Å². The van der Waals surface area contributed by atoms with E-state index < -0.39 is 59.8 Å². The number of unbranched alkanes of at least 4 members (excludes halogenated alkanes) is 20. The van der Waals surface area contributed by atoms with Gasteiger partial charge in [-0.2, -0.15) is 8.42 Å². The summed E-state index contributed by atoms with van der Waals surface area (Å²) in [4.78, 5) is 12.7. The number of hydrogen-bond donors (Lipinski definition) is 4. The van der Waals surface area contributed by atoms with Gasteiger partial charge in [0, 0.05) is 13.0 Å². The van der Waals surface area contributed by atoms with E-state index in [2.05, 4.69) is 30.2 Å². The van der Waals surface area contributed by atoms with Gasteiger partial charge in [0.05, 0.1) is 19.8 Å². The molecule has 1 heterocycles. The summed E-state index contributed by atoms with van der Waals surface area (Å²) in [6.07, 6.45) is 22.7. The predicted molar refractivity (Wildman–Crippen MR) is 202 cm³/mol. The number of hydrogen-bond acceptors (Lipinski definition) is 11. The van der Waals surface area contributed by atoms with Crippen LogP contribution in [0.15, 0.2) is 12.2 Å². The molecule has 0 aromatic rings. The van der Waals surface area contributed by atoms with Gasteiger partial charge in [-0.3, -0.25) is 9.35 Å². The molecule has 0 spiro atoms. The van der Waals surface area contributed by atoms with Crippen molar-refractivity contribution in [3.63, 3.8) is 0 Å². The highest BCUT2D eigenvalue weighted by molar-refractivity contribution is 7.80. The first-order valence-electron chi connectivity index (χ1n) is 20.4. The van der Waals surface area contributed by atoms with Gasteiger partial charge in [-0.05, 0) is 38.5 Å². The van der Waals surface area contributed by atoms with E-state index in [1.165, 1.54) is 96.3 Å². The zero-order valence-electron chi connectivity index (χ0n) is 32.4. The molecule has 4 N–H and O–H groups in total. The van der Waals surface area contributed by atoms with Gasteiger partial charge in [-0.15, -0.1) is 0 Å². The Morgan fingerprint density at radius 3 is 1.73 bits per heavy atom. The Balaban J connectivity index is 2.43. The minimum absolute atomic E-state index is 0.0359. The van der Waals surface area contributed by atoms with Crippen LogP contribution < -0.4 is 0 Å². The van der Waals surface area contributed by atoms with Crippen LogP contribution in [0, 0.1) is 0 Å². The van der Waals surface area contributed by atoms with Gasteiger partial charge >= 0.3 is 16.4 Å². The minimum Gasteiger partial charge on any atom is -0.457 e. The summed E-state index contributed by atoms with van der Waals surface area (Å²) in [5.41, 5.74) is 0. The Bertz CT molecular complexity index is 978. The second kappa shape index (κ2) is 32.1. The summed E-state index contributed by atoms with van der Waals surface area (Å²) in [5, 5.41) is 30.5. The normalized spacial score (nSPS) is 21.5. The number of aliphatic hydroxyl groups is 3. The molecular formula is C39H74O12S. The lowest BCUT2D eigenvalue weighted by molar-refractivity contribution is -0.301. The molecule has 12 nitrogen and oxygen atoms in total. The van der Waals surface area contributed by atoms with Gasteiger partial charge in [0.15, 0.2) is 6.29 Å². The summed E-state index contributed by atoms with van der Waals surface area (Å²) >= 11 is 0. The zero-order chi connectivity index (χ0) is 38.3. The van der Waals surface area contributed by atoms with Crippen LogP contribution in [0.4, 0.5) is 0 Å². The highest BCUT2D eigenvalue weighted by atomic mass is 32.3. The van der Waals surface area contributed by atoms with Crippen molar-refractivity contribution in [3.05, 3.63) is 12.2 Å². The van der Waals surface area contributed by atoms with E-state index >= 15 is 0 Å². The van der Waals surface area contributed by atoms with Crippen LogP contribution in [-0.2, 0) is 38.3 Å². The molecule has 0 radical (unpaired) electrons. The quantitative estimate of drug-likeness (QED) is 0.0216. The number of carbonyl (C=O) groups is 1. The van der Waals surface area contributed by atoms with Gasteiger partial charge in [0.25, 0.3) is 0 Å². The molecule has 6 atom stereocenters. The fraction of sp³-hybridized carbons (Fsp3) is 0.923. The first kappa shape index (κ1) is 48.9. The standard InChI is InChI=1S/C39H74O12S/c1-3-5-7-9-11-13-14-15-16-17-18-19-20-21-23-25-27-29-47-31-33(49-35(41)28-26-24-22-12-10-8-6-4-2)32-48-39-37(43)38(51-52(44,45)46)36(42)34(30-40)50-39/h16-17,33-34,36-40,42-43H,3-15,18-32H2,1-2H3,(H,44,45,46)/b17-16-. The van der Waals surface area contributed by atoms with Crippen LogP contribution in [0.2, 0.25) is 0 Å². The van der Waals surface area contributed by atoms with E-state index in [0.29, 0.717) is 13.0 Å². The van der Waals surface area contributed by atoms with E-state index in [1.54, 1.807) is 0 Å². The van der Waals surface area contributed by atoms with Gasteiger partial charge in [0.1, 0.15) is 30.5 Å². The fourth-order valence-corrected chi connectivity index (χ4v) is 6.76. The van der Waals surface area contributed by atoms with Crippen LogP contribution >= 0.6 is 0 Å². The Morgan fingerprint density at radius 1 is 0.712 bits per heavy atom. The Labute approximate surface area is 315 Å². The third kappa shape index (κ3) is 25.8. The monoisotopic (exact) mass is 766 g/mol. The lowest BCUT2D eigenvalue weighted by Gasteiger charge is -2.41. The molecule has 308 valence electrons. The van der Waals surface area contributed by atoms with Gasteiger partial charge < -0.3 is 34.3 Å². The van der Waals surface area contributed by atoms with E-state index in [4.69, 9.17) is 23.5 Å². The van der Waals surface area contributed by atoms with Gasteiger partial charge in [0.2, 0.25) is 0 Å². The van der Waals surface area contributed by atoms with Crippen molar-refractivity contribution >= 4 is 16.4 Å². The molecule has 0 aromatic heterocycles. The molecule has 0 aliphatic carbocycles. The van der Waals surface area contributed by atoms with Crippen molar-refractivity contribution < 1.29 is 56.2 Å². The van der Waals surface area contributed by atoms with Crippen LogP contribution in [0.25, 0.3) is 0 Å². The number of carbonyl (C=O) groups excluding carboxylic acids is 1. The Morgan fingerprint density at radius 2 is 1.21 bits per heavy atom. The molecule has 1 rings (SSSR count). The Kier molecular flexibility index (Phi) is 30.2. The molecule has 52 heavy (non-hydrogen) atoms. The number of esters is 1. The van der Waals surface area contributed by atoms with Crippen LogP contribution in [-0.4, -0.2) is 97.5 Å². The van der Waals surface area contributed by atoms with Crippen molar-refractivity contribution in [2.24, 2.45) is 0 Å². The van der Waals surface area contributed by atoms with E-state index in [0.717, 1.165) is 44.9 Å². The molecule has 1 fully saturated rings. The predicted octanol–water partition coefficient (Wildman–Crippen LogP) is 7.52. The van der Waals surface area contributed by atoms with Crippen LogP contribution in [0.3, 0.4) is 0 Å². The Hall–Kier alpha value is -1.16. The van der Waals surface area contributed by atoms with Crippen LogP contribution in [0.5, 0.6) is 0 Å². The maximum absolute atomic E-state index is 12.7. The summed E-state index contributed by atoms with van der Waals surface area (Å²) in [6.45, 7) is 3.93. The highest BCUT2D eigenvalue weighted by Crippen LogP contribution is 2.26. The lowest BCUT2D eigenvalue weighted by Crippen LogP contribution is -2.60. The third-order valence-electron chi connectivity index (χ3n) is 9.39. The summed E-state index contributed by atoms with van der Waals surface area (Å²) in [7, 11) is -5.05. The maximum atomic E-state index is 12.7. The van der Waals surface area contributed by atoms with Crippen molar-refractivity contribution in [2.45, 2.75) is 205 Å². The maximum Gasteiger partial charge on any atom is 0.397 e. The number of allylic oxidation sites excluding steroid dienone is 2. The summed E-state index contributed by atoms with van der Waals surface area (Å²) in [5.74, 6) is -0.405. The van der Waals surface area contributed by atoms with E-state index in [-0.39, 0.29) is 19.6 Å². The summed E-state index contributed by atoms with van der Waals surface area (Å²) < 4.78 is 58.7. The number of rotatable bonds is 35. The number of ether oxygens (including phenoxy) is 4. The van der Waals surface area contributed by atoms with Crippen molar-refractivity contribution in [3.8, 4) is 0 Å². The molecule has 6 unspecified atom stereocenters. The molecular weight excluding hydrogens is 692 g/mol. The van der Waals surface area contributed by atoms with Crippen molar-refractivity contribution in [1.82, 2.24) is 0 Å². The van der Waals surface area contributed by atoms with Gasteiger partial charge in [-0.1, -0.05) is 135 Å². The minimum atomic E-state index is -5.05. The molecule has 0 amide bonds. The SMILES string of the molecule is CCCCCCCCC/C=C\CCCCCCCCOCC(COC1OC(CO)C(O)C(OS(=O)(=O)O)C1O)OC(=O)CCCCCCCCCC. The molecule has 0 aromatic carbocycles. The van der Waals surface area contributed by atoms with Crippen molar-refractivity contribution in [1.29, 1.82) is 0 Å². The van der Waals surface area contributed by atoms with Crippen LogP contribution in [0.1, 0.15) is 168 Å². The average Bonchev–Trinajstić information content (AvgIpc) is 3.11.